The van der Waals surface area contributed by atoms with Gasteiger partial charge in [0.2, 0.25) is 0 Å². The second kappa shape index (κ2) is 8.82. The maximum atomic E-state index is 5.33. The maximum Gasteiger partial charge on any atom is 0.169 e. The van der Waals surface area contributed by atoms with Crippen LogP contribution < -0.4 is 5.32 Å². The van der Waals surface area contributed by atoms with Crippen molar-refractivity contribution in [2.45, 2.75) is 26.8 Å². The molecule has 1 rings (SSSR count). The third-order valence-electron chi connectivity index (χ3n) is 2.64. The Morgan fingerprint density at radius 1 is 1.47 bits per heavy atom. The van der Waals surface area contributed by atoms with E-state index < -0.39 is 0 Å². The highest BCUT2D eigenvalue weighted by Gasteiger charge is 2.05. The zero-order valence-electron chi connectivity index (χ0n) is 12.0. The molecule has 0 aliphatic carbocycles. The van der Waals surface area contributed by atoms with E-state index in [2.05, 4.69) is 10.3 Å². The highest BCUT2D eigenvalue weighted by atomic mass is 32.1. The Morgan fingerprint density at radius 3 is 2.95 bits per heavy atom. The lowest BCUT2D eigenvalue weighted by atomic mass is 10.3. The Hall–Kier alpha value is -1.20. The first-order valence-electron chi connectivity index (χ1n) is 6.62. The third kappa shape index (κ3) is 6.50. The summed E-state index contributed by atoms with van der Waals surface area (Å²) in [5, 5.41) is 3.98. The fourth-order valence-corrected chi connectivity index (χ4v) is 1.82. The minimum absolute atomic E-state index is 0.721. The van der Waals surface area contributed by atoms with Crippen molar-refractivity contribution in [1.82, 2.24) is 15.2 Å². The van der Waals surface area contributed by atoms with Crippen LogP contribution in [0.1, 0.15) is 24.7 Å². The topological polar surface area (TPSA) is 37.4 Å². The molecule has 0 aliphatic heterocycles. The van der Waals surface area contributed by atoms with Crippen molar-refractivity contribution in [3.05, 3.63) is 29.6 Å². The average molecular weight is 281 g/mol. The molecule has 0 spiro atoms. The van der Waals surface area contributed by atoms with Crippen molar-refractivity contribution in [2.75, 3.05) is 26.8 Å². The molecular formula is C14H23N3OS. The number of aromatic nitrogens is 1. The van der Waals surface area contributed by atoms with Crippen molar-refractivity contribution in [2.24, 2.45) is 0 Å². The average Bonchev–Trinajstić information content (AvgIpc) is 2.38. The molecule has 106 valence electrons. The molecule has 5 heteroatoms. The summed E-state index contributed by atoms with van der Waals surface area (Å²) >= 11 is 5.33. The summed E-state index contributed by atoms with van der Waals surface area (Å²) in [5.74, 6) is 0. The van der Waals surface area contributed by atoms with Crippen LogP contribution >= 0.6 is 12.2 Å². The van der Waals surface area contributed by atoms with Gasteiger partial charge in [0.05, 0.1) is 12.2 Å². The van der Waals surface area contributed by atoms with Gasteiger partial charge < -0.3 is 15.0 Å². The number of hydrogen-bond acceptors (Lipinski definition) is 3. The summed E-state index contributed by atoms with van der Waals surface area (Å²) in [5.41, 5.74) is 2.06. The van der Waals surface area contributed by atoms with Gasteiger partial charge in [-0.1, -0.05) is 6.07 Å². The van der Waals surface area contributed by atoms with Crippen molar-refractivity contribution >= 4 is 17.3 Å². The van der Waals surface area contributed by atoms with E-state index in [1.165, 1.54) is 0 Å². The molecule has 1 N–H and O–H groups in total. The first-order valence-corrected chi connectivity index (χ1v) is 7.03. The molecule has 4 nitrogen and oxygen atoms in total. The van der Waals surface area contributed by atoms with Crippen molar-refractivity contribution in [3.63, 3.8) is 0 Å². The summed E-state index contributed by atoms with van der Waals surface area (Å²) in [6, 6.07) is 6.03. The smallest absolute Gasteiger partial charge is 0.169 e. The zero-order chi connectivity index (χ0) is 14.1. The van der Waals surface area contributed by atoms with Crippen LogP contribution in [0.5, 0.6) is 0 Å². The molecule has 0 amide bonds. The summed E-state index contributed by atoms with van der Waals surface area (Å²) in [6.07, 6.45) is 0.963. The summed E-state index contributed by atoms with van der Waals surface area (Å²) in [6.45, 7) is 7.09. The van der Waals surface area contributed by atoms with E-state index in [9.17, 15) is 0 Å². The Labute approximate surface area is 121 Å². The predicted molar refractivity (Wildman–Crippen MR) is 82.2 cm³/mol. The summed E-state index contributed by atoms with van der Waals surface area (Å²) < 4.78 is 5.28. The third-order valence-corrected chi connectivity index (χ3v) is 3.09. The van der Waals surface area contributed by atoms with Gasteiger partial charge in [0.1, 0.15) is 0 Å². The van der Waals surface area contributed by atoms with Gasteiger partial charge in [-0.3, -0.25) is 4.98 Å². The number of ether oxygens (including phenoxy) is 1. The van der Waals surface area contributed by atoms with Crippen molar-refractivity contribution < 1.29 is 4.74 Å². The number of pyridine rings is 1. The molecule has 1 aromatic rings. The molecule has 0 aliphatic rings. The molecule has 0 saturated heterocycles. The Kier molecular flexibility index (Phi) is 7.36. The van der Waals surface area contributed by atoms with Crippen LogP contribution in [0, 0.1) is 6.92 Å². The van der Waals surface area contributed by atoms with E-state index in [1.807, 2.05) is 44.0 Å². The molecule has 0 radical (unpaired) electrons. The van der Waals surface area contributed by atoms with Gasteiger partial charge in [0.25, 0.3) is 0 Å². The van der Waals surface area contributed by atoms with Crippen LogP contribution in [0.25, 0.3) is 0 Å². The number of thiocarbonyl (C=S) groups is 1. The van der Waals surface area contributed by atoms with Gasteiger partial charge in [-0.25, -0.2) is 0 Å². The van der Waals surface area contributed by atoms with Crippen molar-refractivity contribution in [1.29, 1.82) is 0 Å². The molecule has 19 heavy (non-hydrogen) atoms. The van der Waals surface area contributed by atoms with Crippen LogP contribution in [0.15, 0.2) is 18.2 Å². The number of nitrogens with zero attached hydrogens (tertiary/aromatic N) is 2. The van der Waals surface area contributed by atoms with Crippen LogP contribution in [0.4, 0.5) is 0 Å². The monoisotopic (exact) mass is 281 g/mol. The lowest BCUT2D eigenvalue weighted by Crippen LogP contribution is -2.37. The fourth-order valence-electron chi connectivity index (χ4n) is 1.65. The molecule has 1 aromatic heterocycles. The predicted octanol–water partition coefficient (Wildman–Crippen LogP) is 2.12. The van der Waals surface area contributed by atoms with E-state index in [0.717, 1.165) is 49.2 Å². The lowest BCUT2D eigenvalue weighted by Gasteiger charge is -2.20. The van der Waals surface area contributed by atoms with Gasteiger partial charge in [-0.2, -0.15) is 0 Å². The van der Waals surface area contributed by atoms with E-state index in [0.29, 0.717) is 0 Å². The van der Waals surface area contributed by atoms with Gasteiger partial charge in [-0.05, 0) is 44.6 Å². The summed E-state index contributed by atoms with van der Waals surface area (Å²) in [7, 11) is 1.97. The number of nitrogens with one attached hydrogen (secondary N) is 1. The Morgan fingerprint density at radius 2 is 2.26 bits per heavy atom. The largest absolute Gasteiger partial charge is 0.382 e. The second-order valence-corrected chi connectivity index (χ2v) is 4.80. The van der Waals surface area contributed by atoms with E-state index in [-0.39, 0.29) is 0 Å². The molecule has 0 fully saturated rings. The molecule has 0 unspecified atom stereocenters. The van der Waals surface area contributed by atoms with Gasteiger partial charge in [0, 0.05) is 32.5 Å². The van der Waals surface area contributed by atoms with Gasteiger partial charge >= 0.3 is 0 Å². The quantitative estimate of drug-likeness (QED) is 0.612. The molecule has 0 atom stereocenters. The second-order valence-electron chi connectivity index (χ2n) is 4.41. The SMILES string of the molecule is CCOCCCNC(=S)N(C)Cc1cccc(C)n1. The maximum absolute atomic E-state index is 5.33. The standard InChI is InChI=1S/C14H23N3OS/c1-4-18-10-6-9-15-14(19)17(3)11-13-8-5-7-12(2)16-13/h5,7-8H,4,6,9-11H2,1-3H3,(H,15,19). The Balaban J connectivity index is 2.28. The van der Waals surface area contributed by atoms with Crippen LogP contribution in [0.3, 0.4) is 0 Å². The van der Waals surface area contributed by atoms with E-state index in [1.54, 1.807) is 0 Å². The van der Waals surface area contributed by atoms with E-state index in [4.69, 9.17) is 17.0 Å². The molecule has 0 aromatic carbocycles. The molecule has 1 heterocycles. The minimum Gasteiger partial charge on any atom is -0.382 e. The molecular weight excluding hydrogens is 258 g/mol. The van der Waals surface area contributed by atoms with Crippen molar-refractivity contribution in [3.8, 4) is 0 Å². The van der Waals surface area contributed by atoms with Crippen LogP contribution in [0.2, 0.25) is 0 Å². The molecule has 0 saturated carbocycles. The number of hydrogen-bond donors (Lipinski definition) is 1. The normalized spacial score (nSPS) is 10.3. The van der Waals surface area contributed by atoms with Crippen LogP contribution in [-0.4, -0.2) is 41.8 Å². The Bertz CT molecular complexity index is 398. The highest BCUT2D eigenvalue weighted by molar-refractivity contribution is 7.80. The minimum atomic E-state index is 0.721. The van der Waals surface area contributed by atoms with E-state index >= 15 is 0 Å². The number of aryl methyl sites for hydroxylation is 1. The first kappa shape index (κ1) is 15.9. The lowest BCUT2D eigenvalue weighted by molar-refractivity contribution is 0.145. The van der Waals surface area contributed by atoms with Crippen LogP contribution in [-0.2, 0) is 11.3 Å². The first-order chi connectivity index (χ1) is 9.13. The highest BCUT2D eigenvalue weighted by Crippen LogP contribution is 2.02. The molecule has 0 bridgehead atoms. The van der Waals surface area contributed by atoms with Gasteiger partial charge in [0.15, 0.2) is 5.11 Å². The number of rotatable bonds is 7. The van der Waals surface area contributed by atoms with Gasteiger partial charge in [-0.15, -0.1) is 0 Å². The fraction of sp³-hybridized carbons (Fsp3) is 0.571. The zero-order valence-corrected chi connectivity index (χ0v) is 12.8. The summed E-state index contributed by atoms with van der Waals surface area (Å²) in [4.78, 5) is 6.47.